The highest BCUT2D eigenvalue weighted by Crippen LogP contribution is 2.36. The number of ether oxygens (including phenoxy) is 1. The zero-order chi connectivity index (χ0) is 27.8. The summed E-state index contributed by atoms with van der Waals surface area (Å²) < 4.78 is 17.5. The van der Waals surface area contributed by atoms with Gasteiger partial charge >= 0.3 is 13.2 Å². The fraction of sp³-hybridized carbons (Fsp3) is 0.769. The molecule has 2 amide bonds. The monoisotopic (exact) mass is 517 g/mol. The van der Waals surface area contributed by atoms with Gasteiger partial charge in [0.1, 0.15) is 11.6 Å². The Morgan fingerprint density at radius 2 is 1.76 bits per heavy atom. The van der Waals surface area contributed by atoms with Gasteiger partial charge in [-0.05, 0) is 66.7 Å². The summed E-state index contributed by atoms with van der Waals surface area (Å²) in [4.78, 5) is 38.5. The van der Waals surface area contributed by atoms with Gasteiger partial charge in [-0.15, -0.1) is 0 Å². The molecule has 11 heteroatoms. The molecule has 0 bridgehead atoms. The molecule has 1 N–H and O–H groups in total. The van der Waals surface area contributed by atoms with Crippen molar-refractivity contribution in [3.05, 3.63) is 12.4 Å². The molecule has 1 aromatic rings. The minimum Gasteiger partial charge on any atom is -0.444 e. The van der Waals surface area contributed by atoms with Crippen molar-refractivity contribution in [2.45, 2.75) is 91.6 Å². The Labute approximate surface area is 222 Å². The van der Waals surface area contributed by atoms with E-state index in [1.165, 1.54) is 0 Å². The molecule has 2 fully saturated rings. The van der Waals surface area contributed by atoms with Crippen molar-refractivity contribution in [1.82, 2.24) is 20.2 Å². The quantitative estimate of drug-likeness (QED) is 0.551. The summed E-state index contributed by atoms with van der Waals surface area (Å²) in [5.41, 5.74) is -0.681. The van der Waals surface area contributed by atoms with Crippen LogP contribution in [0, 0.1) is 11.8 Å². The molecular formula is C26H44BN5O5. The van der Waals surface area contributed by atoms with Crippen LogP contribution in [0.15, 0.2) is 12.4 Å². The number of hydrogen-bond acceptors (Lipinski definition) is 8. The van der Waals surface area contributed by atoms with Crippen LogP contribution >= 0.6 is 0 Å². The number of nitrogens with zero attached hydrogens (tertiary/aromatic N) is 4. The van der Waals surface area contributed by atoms with Gasteiger partial charge in [0.25, 0.3) is 0 Å². The van der Waals surface area contributed by atoms with Gasteiger partial charge in [-0.1, -0.05) is 13.8 Å². The van der Waals surface area contributed by atoms with E-state index in [1.54, 1.807) is 33.2 Å². The van der Waals surface area contributed by atoms with Crippen LogP contribution in [-0.4, -0.2) is 83.5 Å². The van der Waals surface area contributed by atoms with E-state index in [9.17, 15) is 9.59 Å². The van der Waals surface area contributed by atoms with Gasteiger partial charge in [0.15, 0.2) is 0 Å². The van der Waals surface area contributed by atoms with Gasteiger partial charge in [-0.3, -0.25) is 4.79 Å². The molecule has 3 heterocycles. The number of amides is 2. The fourth-order valence-corrected chi connectivity index (χ4v) is 4.42. The number of anilines is 1. The molecule has 2 saturated heterocycles. The Hall–Kier alpha value is -2.40. The molecule has 1 aromatic heterocycles. The van der Waals surface area contributed by atoms with Crippen LogP contribution in [0.3, 0.4) is 0 Å². The highest BCUT2D eigenvalue weighted by Gasteiger charge is 2.52. The lowest BCUT2D eigenvalue weighted by atomic mass is 9.81. The molecule has 206 valence electrons. The highest BCUT2D eigenvalue weighted by molar-refractivity contribution is 6.61. The Morgan fingerprint density at radius 3 is 2.27 bits per heavy atom. The van der Waals surface area contributed by atoms with Crippen LogP contribution in [0.4, 0.5) is 10.7 Å². The maximum atomic E-state index is 13.2. The molecule has 0 spiro atoms. The van der Waals surface area contributed by atoms with Crippen molar-refractivity contribution in [2.24, 2.45) is 11.8 Å². The predicted octanol–water partition coefficient (Wildman–Crippen LogP) is 2.61. The van der Waals surface area contributed by atoms with E-state index in [2.05, 4.69) is 15.3 Å². The van der Waals surface area contributed by atoms with E-state index >= 15 is 0 Å². The lowest BCUT2D eigenvalue weighted by Gasteiger charge is -2.32. The SMILES string of the molecule is CC(C)C(NC(=O)OC(C)(C)C)C(=O)N1CCC(CN(C)c2ncc(B3OC(C)(C)C(C)(C)O3)cn2)C1. The predicted molar refractivity (Wildman–Crippen MR) is 144 cm³/mol. The average molecular weight is 517 g/mol. The lowest BCUT2D eigenvalue weighted by Crippen LogP contribution is -2.51. The number of likely N-dealkylation sites (tertiary alicyclic amines) is 1. The summed E-state index contributed by atoms with van der Waals surface area (Å²) in [6, 6.07) is -0.628. The van der Waals surface area contributed by atoms with E-state index in [0.29, 0.717) is 25.6 Å². The van der Waals surface area contributed by atoms with E-state index in [1.807, 2.05) is 58.4 Å². The van der Waals surface area contributed by atoms with Crippen molar-refractivity contribution >= 4 is 30.5 Å². The second-order valence-corrected chi connectivity index (χ2v) is 12.6. The second kappa shape index (κ2) is 10.8. The normalized spacial score (nSPS) is 21.8. The maximum Gasteiger partial charge on any atom is 0.498 e. The minimum absolute atomic E-state index is 0.0577. The Kier molecular flexibility index (Phi) is 8.49. The van der Waals surface area contributed by atoms with Crippen molar-refractivity contribution < 1.29 is 23.6 Å². The van der Waals surface area contributed by atoms with Crippen LogP contribution in [0.5, 0.6) is 0 Å². The zero-order valence-corrected chi connectivity index (χ0v) is 24.1. The summed E-state index contributed by atoms with van der Waals surface area (Å²) in [5.74, 6) is 0.748. The number of nitrogens with one attached hydrogen (secondary N) is 1. The Bertz CT molecular complexity index is 947. The third-order valence-corrected chi connectivity index (χ3v) is 7.26. The smallest absolute Gasteiger partial charge is 0.444 e. The Balaban J connectivity index is 1.55. The topological polar surface area (TPSA) is 106 Å². The average Bonchev–Trinajstić information content (AvgIpc) is 3.31. The van der Waals surface area contributed by atoms with Gasteiger partial charge < -0.3 is 29.2 Å². The second-order valence-electron chi connectivity index (χ2n) is 12.6. The molecule has 0 aliphatic carbocycles. The van der Waals surface area contributed by atoms with Gasteiger partial charge in [0.05, 0.1) is 11.2 Å². The number of carbonyl (C=O) groups excluding carboxylic acids is 2. The highest BCUT2D eigenvalue weighted by atomic mass is 16.7. The summed E-state index contributed by atoms with van der Waals surface area (Å²) in [6.07, 6.45) is 3.80. The van der Waals surface area contributed by atoms with E-state index < -0.39 is 36.1 Å². The molecule has 2 aliphatic rings. The number of alkyl carbamates (subject to hydrolysis) is 1. The molecule has 0 saturated carbocycles. The van der Waals surface area contributed by atoms with Crippen molar-refractivity contribution in [3.8, 4) is 0 Å². The molecule has 37 heavy (non-hydrogen) atoms. The first-order valence-electron chi connectivity index (χ1n) is 13.2. The van der Waals surface area contributed by atoms with Crippen molar-refractivity contribution in [1.29, 1.82) is 0 Å². The van der Waals surface area contributed by atoms with Crippen LogP contribution in [0.2, 0.25) is 0 Å². The summed E-state index contributed by atoms with van der Waals surface area (Å²) >= 11 is 0. The zero-order valence-electron chi connectivity index (χ0n) is 24.1. The van der Waals surface area contributed by atoms with E-state index in [-0.39, 0.29) is 17.7 Å². The third kappa shape index (κ3) is 7.13. The first kappa shape index (κ1) is 29.2. The molecule has 2 unspecified atom stereocenters. The van der Waals surface area contributed by atoms with Gasteiger partial charge in [-0.2, -0.15) is 0 Å². The number of hydrogen-bond donors (Lipinski definition) is 1. The first-order chi connectivity index (χ1) is 17.0. The molecule has 3 rings (SSSR count). The first-order valence-corrected chi connectivity index (χ1v) is 13.2. The van der Waals surface area contributed by atoms with Crippen LogP contribution in [0.25, 0.3) is 0 Å². The van der Waals surface area contributed by atoms with Crippen LogP contribution in [-0.2, 0) is 18.8 Å². The van der Waals surface area contributed by atoms with E-state index in [0.717, 1.165) is 11.9 Å². The number of carbonyl (C=O) groups is 2. The largest absolute Gasteiger partial charge is 0.498 e. The molecular weight excluding hydrogens is 473 g/mol. The fourth-order valence-electron chi connectivity index (χ4n) is 4.42. The minimum atomic E-state index is -0.628. The summed E-state index contributed by atoms with van der Waals surface area (Å²) in [7, 11) is 1.46. The number of aromatic nitrogens is 2. The van der Waals surface area contributed by atoms with Gasteiger partial charge in [0, 0.05) is 44.5 Å². The summed E-state index contributed by atoms with van der Waals surface area (Å²) in [6.45, 7) is 19.3. The van der Waals surface area contributed by atoms with Crippen LogP contribution < -0.4 is 15.7 Å². The number of rotatable bonds is 7. The molecule has 0 aromatic carbocycles. The Morgan fingerprint density at radius 1 is 1.19 bits per heavy atom. The third-order valence-electron chi connectivity index (χ3n) is 7.26. The lowest BCUT2D eigenvalue weighted by molar-refractivity contribution is -0.133. The van der Waals surface area contributed by atoms with Crippen LogP contribution in [0.1, 0.15) is 68.7 Å². The van der Waals surface area contributed by atoms with Crippen molar-refractivity contribution in [2.75, 3.05) is 31.6 Å². The molecule has 2 aliphatic heterocycles. The molecule has 2 atom stereocenters. The summed E-state index contributed by atoms with van der Waals surface area (Å²) in [5, 5.41) is 2.77. The van der Waals surface area contributed by atoms with Gasteiger partial charge in [-0.25, -0.2) is 14.8 Å². The van der Waals surface area contributed by atoms with Crippen molar-refractivity contribution in [3.63, 3.8) is 0 Å². The van der Waals surface area contributed by atoms with E-state index in [4.69, 9.17) is 14.0 Å². The van der Waals surface area contributed by atoms with Gasteiger partial charge in [0.2, 0.25) is 11.9 Å². The molecule has 0 radical (unpaired) electrons. The standard InChI is InChI=1S/C26H44BN5O5/c1-17(2)20(30-23(34)35-24(3,4)5)21(33)32-12-11-18(16-32)15-31(10)22-28-13-19(14-29-22)27-36-25(6,7)26(8,9)37-27/h13-14,17-18,20H,11-12,15-16H2,1-10H3,(H,30,34). The maximum absolute atomic E-state index is 13.2. The molecule has 10 nitrogen and oxygen atoms in total.